The number of aryl methyl sites for hydroxylation is 1. The van der Waals surface area contributed by atoms with E-state index < -0.39 is 0 Å². The number of benzene rings is 2. The average Bonchev–Trinajstić information content (AvgIpc) is 2.45. The van der Waals surface area contributed by atoms with Crippen LogP contribution < -0.4 is 0 Å². The monoisotopic (exact) mass is 253 g/mol. The Labute approximate surface area is 114 Å². The van der Waals surface area contributed by atoms with Gasteiger partial charge >= 0.3 is 0 Å². The summed E-state index contributed by atoms with van der Waals surface area (Å²) < 4.78 is 0. The van der Waals surface area contributed by atoms with Crippen molar-refractivity contribution >= 4 is 6.21 Å². The molecule has 0 aliphatic carbocycles. The molecule has 0 aliphatic heterocycles. The van der Waals surface area contributed by atoms with Crippen LogP contribution in [0.3, 0.4) is 0 Å². The molecule has 2 nitrogen and oxygen atoms in total. The number of phenols is 1. The van der Waals surface area contributed by atoms with Gasteiger partial charge in [-0.05, 0) is 37.0 Å². The summed E-state index contributed by atoms with van der Waals surface area (Å²) in [4.78, 5) is 4.35. The summed E-state index contributed by atoms with van der Waals surface area (Å²) in [7, 11) is 0. The number of rotatable bonds is 6. The number of phenolic OH excluding ortho intramolecular Hbond substituents is 1. The standard InChI is InChI=1S/C17H19NO/c19-17-12-5-4-11-16(17)14-18-13-7-6-10-15-8-2-1-3-9-15/h1-5,8-9,11-12,14,19H,6-7,10,13H2. The van der Waals surface area contributed by atoms with Crippen LogP contribution >= 0.6 is 0 Å². The molecule has 0 radical (unpaired) electrons. The van der Waals surface area contributed by atoms with Crippen LogP contribution in [0.15, 0.2) is 59.6 Å². The summed E-state index contributed by atoms with van der Waals surface area (Å²) in [6.45, 7) is 0.807. The lowest BCUT2D eigenvalue weighted by Crippen LogP contribution is -1.89. The molecule has 2 aromatic rings. The van der Waals surface area contributed by atoms with E-state index in [1.807, 2.05) is 24.3 Å². The molecule has 0 fully saturated rings. The molecule has 0 saturated heterocycles. The quantitative estimate of drug-likeness (QED) is 0.616. The van der Waals surface area contributed by atoms with Crippen molar-refractivity contribution in [1.29, 1.82) is 0 Å². The highest BCUT2D eigenvalue weighted by atomic mass is 16.3. The van der Waals surface area contributed by atoms with Gasteiger partial charge in [0.2, 0.25) is 0 Å². The molecule has 0 unspecified atom stereocenters. The van der Waals surface area contributed by atoms with Gasteiger partial charge in [0.15, 0.2) is 0 Å². The number of aliphatic imine (C=N–C) groups is 1. The van der Waals surface area contributed by atoms with Gasteiger partial charge < -0.3 is 5.11 Å². The number of aromatic hydroxyl groups is 1. The number of hydrogen-bond acceptors (Lipinski definition) is 2. The predicted molar refractivity (Wildman–Crippen MR) is 79.9 cm³/mol. The van der Waals surface area contributed by atoms with Gasteiger partial charge in [-0.3, -0.25) is 4.99 Å². The third-order valence-corrected chi connectivity index (χ3v) is 3.01. The highest BCUT2D eigenvalue weighted by Gasteiger charge is 1.94. The minimum atomic E-state index is 0.288. The van der Waals surface area contributed by atoms with Gasteiger partial charge in [0, 0.05) is 18.3 Å². The Kier molecular flexibility index (Phi) is 5.17. The molecule has 0 heterocycles. The van der Waals surface area contributed by atoms with E-state index in [2.05, 4.69) is 29.3 Å². The highest BCUT2D eigenvalue weighted by molar-refractivity contribution is 5.83. The Bertz CT molecular complexity index is 520. The molecule has 2 heteroatoms. The van der Waals surface area contributed by atoms with Gasteiger partial charge in [-0.25, -0.2) is 0 Å². The van der Waals surface area contributed by atoms with Crippen LogP contribution in [0.4, 0.5) is 0 Å². The molecular weight excluding hydrogens is 234 g/mol. The third-order valence-electron chi connectivity index (χ3n) is 3.01. The van der Waals surface area contributed by atoms with Crippen LogP contribution in [0.2, 0.25) is 0 Å². The zero-order valence-corrected chi connectivity index (χ0v) is 11.0. The fraction of sp³-hybridized carbons (Fsp3) is 0.235. The lowest BCUT2D eigenvalue weighted by Gasteiger charge is -2.00. The van der Waals surface area contributed by atoms with E-state index in [9.17, 15) is 5.11 Å². The van der Waals surface area contributed by atoms with Crippen LogP contribution in [0.25, 0.3) is 0 Å². The van der Waals surface area contributed by atoms with Crippen LogP contribution in [-0.2, 0) is 6.42 Å². The van der Waals surface area contributed by atoms with Crippen LogP contribution in [0.1, 0.15) is 24.0 Å². The molecule has 0 aromatic heterocycles. The first kappa shape index (κ1) is 13.3. The Balaban J connectivity index is 1.68. The Morgan fingerprint density at radius 1 is 0.895 bits per heavy atom. The van der Waals surface area contributed by atoms with Crippen molar-refractivity contribution < 1.29 is 5.11 Å². The largest absolute Gasteiger partial charge is 0.507 e. The zero-order chi connectivity index (χ0) is 13.3. The molecule has 2 rings (SSSR count). The van der Waals surface area contributed by atoms with Gasteiger partial charge in [0.25, 0.3) is 0 Å². The topological polar surface area (TPSA) is 32.6 Å². The summed E-state index contributed by atoms with van der Waals surface area (Å²) in [6.07, 6.45) is 5.06. The van der Waals surface area contributed by atoms with E-state index in [0.29, 0.717) is 0 Å². The predicted octanol–water partition coefficient (Wildman–Crippen LogP) is 3.83. The summed E-state index contributed by atoms with van der Waals surface area (Å²) in [6, 6.07) is 17.8. The fourth-order valence-corrected chi connectivity index (χ4v) is 1.94. The maximum atomic E-state index is 9.57. The van der Waals surface area contributed by atoms with Crippen molar-refractivity contribution in [2.75, 3.05) is 6.54 Å². The van der Waals surface area contributed by atoms with E-state index in [0.717, 1.165) is 31.4 Å². The first-order valence-electron chi connectivity index (χ1n) is 6.68. The summed E-state index contributed by atoms with van der Waals surface area (Å²) in [5.41, 5.74) is 2.16. The summed E-state index contributed by atoms with van der Waals surface area (Å²) >= 11 is 0. The first-order valence-corrected chi connectivity index (χ1v) is 6.68. The molecule has 0 saturated carbocycles. The second-order valence-electron chi connectivity index (χ2n) is 4.54. The molecule has 0 spiro atoms. The normalized spacial score (nSPS) is 10.9. The Hall–Kier alpha value is -2.09. The van der Waals surface area contributed by atoms with Gasteiger partial charge in [0.1, 0.15) is 5.75 Å². The SMILES string of the molecule is Oc1ccccc1C=NCCCCc1ccccc1. The van der Waals surface area contributed by atoms with E-state index in [-0.39, 0.29) is 5.75 Å². The Morgan fingerprint density at radius 2 is 1.63 bits per heavy atom. The lowest BCUT2D eigenvalue weighted by molar-refractivity contribution is 0.474. The van der Waals surface area contributed by atoms with E-state index in [1.54, 1.807) is 12.3 Å². The van der Waals surface area contributed by atoms with E-state index in [1.165, 1.54) is 5.56 Å². The molecule has 1 N–H and O–H groups in total. The fourth-order valence-electron chi connectivity index (χ4n) is 1.94. The number of hydrogen-bond donors (Lipinski definition) is 1. The molecule has 0 amide bonds. The maximum Gasteiger partial charge on any atom is 0.124 e. The van der Waals surface area contributed by atoms with Crippen molar-refractivity contribution in [2.24, 2.45) is 4.99 Å². The molecule has 0 bridgehead atoms. The molecule has 0 atom stereocenters. The zero-order valence-electron chi connectivity index (χ0n) is 11.0. The van der Waals surface area contributed by atoms with Gasteiger partial charge in [-0.15, -0.1) is 0 Å². The second-order valence-corrected chi connectivity index (χ2v) is 4.54. The average molecular weight is 253 g/mol. The van der Waals surface area contributed by atoms with Crippen LogP contribution in [0, 0.1) is 0 Å². The minimum absolute atomic E-state index is 0.288. The van der Waals surface area contributed by atoms with Crippen LogP contribution in [0.5, 0.6) is 5.75 Å². The van der Waals surface area contributed by atoms with Crippen molar-refractivity contribution in [2.45, 2.75) is 19.3 Å². The van der Waals surface area contributed by atoms with Gasteiger partial charge in [0.05, 0.1) is 0 Å². The lowest BCUT2D eigenvalue weighted by atomic mass is 10.1. The van der Waals surface area contributed by atoms with Gasteiger partial charge in [-0.1, -0.05) is 42.5 Å². The van der Waals surface area contributed by atoms with Crippen molar-refractivity contribution in [3.8, 4) is 5.75 Å². The number of para-hydroxylation sites is 1. The van der Waals surface area contributed by atoms with Crippen molar-refractivity contribution in [3.05, 3.63) is 65.7 Å². The minimum Gasteiger partial charge on any atom is -0.507 e. The van der Waals surface area contributed by atoms with Crippen LogP contribution in [-0.4, -0.2) is 17.9 Å². The smallest absolute Gasteiger partial charge is 0.124 e. The molecular formula is C17H19NO. The maximum absolute atomic E-state index is 9.57. The van der Waals surface area contributed by atoms with E-state index in [4.69, 9.17) is 0 Å². The van der Waals surface area contributed by atoms with Crippen molar-refractivity contribution in [3.63, 3.8) is 0 Å². The molecule has 98 valence electrons. The van der Waals surface area contributed by atoms with Crippen molar-refractivity contribution in [1.82, 2.24) is 0 Å². The number of unbranched alkanes of at least 4 members (excludes halogenated alkanes) is 1. The van der Waals surface area contributed by atoms with Gasteiger partial charge in [-0.2, -0.15) is 0 Å². The molecule has 19 heavy (non-hydrogen) atoms. The first-order chi connectivity index (χ1) is 9.36. The second kappa shape index (κ2) is 7.37. The number of nitrogens with zero attached hydrogens (tertiary/aromatic N) is 1. The third kappa shape index (κ3) is 4.59. The van der Waals surface area contributed by atoms with E-state index >= 15 is 0 Å². The Morgan fingerprint density at radius 3 is 2.42 bits per heavy atom. The molecule has 0 aliphatic rings. The molecule has 2 aromatic carbocycles. The summed E-state index contributed by atoms with van der Waals surface area (Å²) in [5.74, 6) is 0.288. The summed E-state index contributed by atoms with van der Waals surface area (Å²) in [5, 5.41) is 9.57. The highest BCUT2D eigenvalue weighted by Crippen LogP contribution is 2.12.